The third-order valence-electron chi connectivity index (χ3n) is 1.01. The molecule has 0 spiro atoms. The topological polar surface area (TPSA) is 54.4 Å². The van der Waals surface area contributed by atoms with E-state index in [2.05, 4.69) is 6.58 Å². The second-order valence-electron chi connectivity index (χ2n) is 1.85. The van der Waals surface area contributed by atoms with Crippen molar-refractivity contribution < 1.29 is 13.0 Å². The lowest BCUT2D eigenvalue weighted by Crippen LogP contribution is -2.19. The fourth-order valence-electron chi connectivity index (χ4n) is 0.356. The van der Waals surface area contributed by atoms with Crippen LogP contribution in [-0.4, -0.2) is 28.1 Å². The number of rotatable bonds is 3. The van der Waals surface area contributed by atoms with Gasteiger partial charge in [-0.25, -0.2) is 0 Å². The van der Waals surface area contributed by atoms with E-state index in [0.29, 0.717) is 16.7 Å². The Kier molecular flexibility index (Phi) is 3.09. The van der Waals surface area contributed by atoms with Crippen LogP contribution >= 0.6 is 0 Å². The van der Waals surface area contributed by atoms with Crippen molar-refractivity contribution in [1.82, 2.24) is 0 Å². The highest BCUT2D eigenvalue weighted by Crippen LogP contribution is 1.98. The molecule has 0 amide bonds. The van der Waals surface area contributed by atoms with E-state index in [-0.39, 0.29) is 0 Å². The number of allylic oxidation sites excluding steroid dienone is 1. The van der Waals surface area contributed by atoms with Crippen molar-refractivity contribution in [2.75, 3.05) is 0 Å². The van der Waals surface area contributed by atoms with Gasteiger partial charge in [-0.3, -0.25) is 4.55 Å². The first-order valence-electron chi connectivity index (χ1n) is 2.55. The van der Waals surface area contributed by atoms with Crippen LogP contribution in [0.5, 0.6) is 0 Å². The molecular weight excluding hydrogens is 156 g/mol. The molecule has 54 valence electrons. The third-order valence-corrected chi connectivity index (χ3v) is 4.48. The van der Waals surface area contributed by atoms with E-state index in [1.165, 1.54) is 6.08 Å². The fourth-order valence-corrected chi connectivity index (χ4v) is 1.07. The first-order chi connectivity index (χ1) is 3.98. The Morgan fingerprint density at radius 1 is 1.78 bits per heavy atom. The molecule has 0 aromatic carbocycles. The zero-order valence-corrected chi connectivity index (χ0v) is 8.06. The van der Waals surface area contributed by atoms with Crippen molar-refractivity contribution in [2.45, 2.75) is 11.3 Å². The van der Waals surface area contributed by atoms with Gasteiger partial charge in [0.15, 0.2) is 0 Å². The predicted octanol–water partition coefficient (Wildman–Crippen LogP) is -0.858. The summed E-state index contributed by atoms with van der Waals surface area (Å²) in [5.74, 6) is 0. The molecule has 5 heteroatoms. The maximum Gasteiger partial charge on any atom is 0.264 e. The van der Waals surface area contributed by atoms with Crippen LogP contribution in [0, 0.1) is 0 Å². The Morgan fingerprint density at radius 3 is 2.33 bits per heavy atom. The molecule has 0 heterocycles. The van der Waals surface area contributed by atoms with Crippen molar-refractivity contribution in [3.8, 4) is 0 Å². The molecule has 0 saturated heterocycles. The van der Waals surface area contributed by atoms with Gasteiger partial charge in [0, 0.05) is 10.2 Å². The zero-order valence-electron chi connectivity index (χ0n) is 5.24. The standard InChI is InChI=1S/C4H10O3SSi/c1-2-3-4(9)8(5,6)7/h2,4H,1,3H2,9H3,(H,5,6,7). The smallest absolute Gasteiger partial charge is 0.264 e. The molecule has 1 N–H and O–H groups in total. The molecule has 0 radical (unpaired) electrons. The zero-order chi connectivity index (χ0) is 7.49. The molecule has 3 nitrogen and oxygen atoms in total. The molecule has 0 aromatic rings. The lowest BCUT2D eigenvalue weighted by molar-refractivity contribution is 0.479. The molecule has 0 rings (SSSR count). The Morgan fingerprint density at radius 2 is 2.22 bits per heavy atom. The molecule has 1 unspecified atom stereocenters. The van der Waals surface area contributed by atoms with Gasteiger partial charge >= 0.3 is 0 Å². The largest absolute Gasteiger partial charge is 0.286 e. The maximum absolute atomic E-state index is 10.3. The molecule has 0 aliphatic carbocycles. The van der Waals surface area contributed by atoms with Crippen molar-refractivity contribution in [3.63, 3.8) is 0 Å². The Labute approximate surface area is 57.9 Å². The van der Waals surface area contributed by atoms with Crippen LogP contribution in [-0.2, 0) is 10.1 Å². The van der Waals surface area contributed by atoms with Gasteiger partial charge in [-0.2, -0.15) is 8.42 Å². The average Bonchev–Trinajstić information content (AvgIpc) is 1.64. The van der Waals surface area contributed by atoms with Crippen LogP contribution in [0.1, 0.15) is 6.42 Å². The van der Waals surface area contributed by atoms with E-state index in [4.69, 9.17) is 4.55 Å². The van der Waals surface area contributed by atoms with Crippen LogP contribution in [0.15, 0.2) is 12.7 Å². The molecular formula is C4H10O3SSi. The van der Waals surface area contributed by atoms with Crippen LogP contribution < -0.4 is 0 Å². The minimum absolute atomic E-state index is 0.352. The summed E-state index contributed by atoms with van der Waals surface area (Å²) < 4.78 is 28.9. The highest BCUT2D eigenvalue weighted by atomic mass is 32.2. The summed E-state index contributed by atoms with van der Waals surface area (Å²) in [6, 6.07) is 0. The summed E-state index contributed by atoms with van der Waals surface area (Å²) in [6.07, 6.45) is 1.84. The van der Waals surface area contributed by atoms with Crippen molar-refractivity contribution in [1.29, 1.82) is 0 Å². The fraction of sp³-hybridized carbons (Fsp3) is 0.500. The maximum atomic E-state index is 10.3. The lowest BCUT2D eigenvalue weighted by Gasteiger charge is -2.01. The van der Waals surface area contributed by atoms with E-state index in [9.17, 15) is 8.42 Å². The highest BCUT2D eigenvalue weighted by molar-refractivity contribution is 7.87. The van der Waals surface area contributed by atoms with Crippen LogP contribution in [0.3, 0.4) is 0 Å². The summed E-state index contributed by atoms with van der Waals surface area (Å²) in [7, 11) is -3.33. The molecule has 0 aromatic heterocycles. The van der Waals surface area contributed by atoms with Crippen LogP contribution in [0.2, 0.25) is 0 Å². The van der Waals surface area contributed by atoms with E-state index < -0.39 is 15.0 Å². The van der Waals surface area contributed by atoms with Crippen LogP contribution in [0.4, 0.5) is 0 Å². The normalized spacial score (nSPS) is 15.2. The summed E-state index contributed by atoms with van der Waals surface area (Å²) >= 11 is 0. The van der Waals surface area contributed by atoms with Gasteiger partial charge in [0.05, 0.1) is 4.87 Å². The first kappa shape index (κ1) is 8.87. The van der Waals surface area contributed by atoms with Crippen molar-refractivity contribution in [2.24, 2.45) is 0 Å². The van der Waals surface area contributed by atoms with Gasteiger partial charge in [-0.15, -0.1) is 6.58 Å². The van der Waals surface area contributed by atoms with E-state index in [1.807, 2.05) is 0 Å². The number of hydrogen-bond acceptors (Lipinski definition) is 2. The molecule has 0 aliphatic heterocycles. The average molecular weight is 166 g/mol. The monoisotopic (exact) mass is 166 g/mol. The minimum Gasteiger partial charge on any atom is -0.286 e. The van der Waals surface area contributed by atoms with Crippen molar-refractivity contribution in [3.05, 3.63) is 12.7 Å². The molecule has 9 heavy (non-hydrogen) atoms. The minimum atomic E-state index is -3.77. The number of hydrogen-bond donors (Lipinski definition) is 1. The highest BCUT2D eigenvalue weighted by Gasteiger charge is 2.13. The van der Waals surface area contributed by atoms with Gasteiger partial charge in [-0.05, 0) is 6.42 Å². The van der Waals surface area contributed by atoms with Gasteiger partial charge in [0.2, 0.25) is 0 Å². The quantitative estimate of drug-likeness (QED) is 0.337. The molecule has 0 bridgehead atoms. The Balaban J connectivity index is 4.05. The Hall–Kier alpha value is -0.133. The van der Waals surface area contributed by atoms with E-state index >= 15 is 0 Å². The third kappa shape index (κ3) is 3.44. The summed E-state index contributed by atoms with van der Waals surface area (Å²) in [5, 5.41) is 0. The van der Waals surface area contributed by atoms with E-state index in [1.54, 1.807) is 0 Å². The SMILES string of the molecule is C=CCC([SiH3])S(=O)(=O)O. The van der Waals surface area contributed by atoms with Crippen LogP contribution in [0.25, 0.3) is 0 Å². The summed E-state index contributed by atoms with van der Waals surface area (Å²) in [5.41, 5.74) is 0. The molecule has 0 saturated carbocycles. The summed E-state index contributed by atoms with van der Waals surface area (Å²) in [4.78, 5) is -0.588. The van der Waals surface area contributed by atoms with Gasteiger partial charge in [-0.1, -0.05) is 6.08 Å². The first-order valence-corrected chi connectivity index (χ1v) is 5.21. The Bertz CT molecular complexity index is 184. The second-order valence-corrected chi connectivity index (χ2v) is 5.92. The molecule has 0 aliphatic rings. The van der Waals surface area contributed by atoms with Crippen molar-refractivity contribution >= 4 is 20.4 Å². The summed E-state index contributed by atoms with van der Waals surface area (Å²) in [6.45, 7) is 3.36. The second kappa shape index (κ2) is 3.14. The van der Waals surface area contributed by atoms with Gasteiger partial charge in [0.25, 0.3) is 10.1 Å². The van der Waals surface area contributed by atoms with Gasteiger partial charge in [0.1, 0.15) is 0 Å². The molecule has 1 atom stereocenters. The lowest BCUT2D eigenvalue weighted by atomic mass is 10.5. The predicted molar refractivity (Wildman–Crippen MR) is 40.1 cm³/mol. The molecule has 0 fully saturated rings. The van der Waals surface area contributed by atoms with E-state index in [0.717, 1.165) is 0 Å². The van der Waals surface area contributed by atoms with Gasteiger partial charge < -0.3 is 0 Å².